The van der Waals surface area contributed by atoms with Crippen molar-refractivity contribution in [1.29, 1.82) is 0 Å². The van der Waals surface area contributed by atoms with Crippen molar-refractivity contribution < 1.29 is 9.53 Å². The normalized spacial score (nSPS) is 18.6. The SMILES string of the molecule is COC(=O)c1ccc2c(c1)NCC2C. The van der Waals surface area contributed by atoms with E-state index in [4.69, 9.17) is 0 Å². The minimum Gasteiger partial charge on any atom is -0.465 e. The number of benzene rings is 1. The van der Waals surface area contributed by atoms with E-state index in [1.54, 1.807) is 0 Å². The zero-order valence-corrected chi connectivity index (χ0v) is 8.33. The summed E-state index contributed by atoms with van der Waals surface area (Å²) in [7, 11) is 1.39. The average molecular weight is 191 g/mol. The smallest absolute Gasteiger partial charge is 0.337 e. The average Bonchev–Trinajstić information content (AvgIpc) is 2.59. The van der Waals surface area contributed by atoms with E-state index in [2.05, 4.69) is 17.0 Å². The summed E-state index contributed by atoms with van der Waals surface area (Å²) < 4.78 is 4.66. The van der Waals surface area contributed by atoms with Gasteiger partial charge in [0.05, 0.1) is 12.7 Å². The van der Waals surface area contributed by atoms with Crippen LogP contribution in [0.15, 0.2) is 18.2 Å². The van der Waals surface area contributed by atoms with E-state index >= 15 is 0 Å². The fourth-order valence-corrected chi connectivity index (χ4v) is 1.76. The molecule has 0 amide bonds. The van der Waals surface area contributed by atoms with Crippen molar-refractivity contribution in [3.05, 3.63) is 29.3 Å². The lowest BCUT2D eigenvalue weighted by molar-refractivity contribution is 0.0601. The van der Waals surface area contributed by atoms with Crippen LogP contribution >= 0.6 is 0 Å². The van der Waals surface area contributed by atoms with Gasteiger partial charge in [0.25, 0.3) is 0 Å². The fraction of sp³-hybridized carbons (Fsp3) is 0.364. The van der Waals surface area contributed by atoms with Gasteiger partial charge in [-0.3, -0.25) is 0 Å². The van der Waals surface area contributed by atoms with Crippen molar-refractivity contribution in [2.75, 3.05) is 19.0 Å². The third-order valence-corrected chi connectivity index (χ3v) is 2.60. The Labute approximate surface area is 83.1 Å². The van der Waals surface area contributed by atoms with Crippen molar-refractivity contribution in [2.24, 2.45) is 0 Å². The molecule has 0 radical (unpaired) electrons. The fourth-order valence-electron chi connectivity index (χ4n) is 1.76. The Kier molecular flexibility index (Phi) is 2.15. The zero-order valence-electron chi connectivity index (χ0n) is 8.33. The number of methoxy groups -OCH3 is 1. The van der Waals surface area contributed by atoms with Crippen molar-refractivity contribution in [3.63, 3.8) is 0 Å². The van der Waals surface area contributed by atoms with E-state index in [0.29, 0.717) is 11.5 Å². The number of rotatable bonds is 1. The first-order chi connectivity index (χ1) is 6.72. The predicted octanol–water partition coefficient (Wildman–Crippen LogP) is 2.00. The first-order valence-electron chi connectivity index (χ1n) is 4.68. The van der Waals surface area contributed by atoms with Gasteiger partial charge >= 0.3 is 5.97 Å². The van der Waals surface area contributed by atoms with Crippen LogP contribution in [-0.4, -0.2) is 19.6 Å². The summed E-state index contributed by atoms with van der Waals surface area (Å²) in [5, 5.41) is 3.26. The third-order valence-electron chi connectivity index (χ3n) is 2.60. The topological polar surface area (TPSA) is 38.3 Å². The molecule has 1 aliphatic rings. The molecule has 0 bridgehead atoms. The summed E-state index contributed by atoms with van der Waals surface area (Å²) in [6, 6.07) is 5.66. The molecule has 0 aliphatic carbocycles. The van der Waals surface area contributed by atoms with Crippen LogP contribution in [0.2, 0.25) is 0 Å². The van der Waals surface area contributed by atoms with Crippen LogP contribution in [0.1, 0.15) is 28.8 Å². The Morgan fingerprint density at radius 1 is 1.57 bits per heavy atom. The molecule has 0 spiro atoms. The highest BCUT2D eigenvalue weighted by Gasteiger charge is 2.19. The summed E-state index contributed by atoms with van der Waals surface area (Å²) in [6.07, 6.45) is 0. The molecule has 3 nitrogen and oxygen atoms in total. The molecule has 14 heavy (non-hydrogen) atoms. The lowest BCUT2D eigenvalue weighted by Gasteiger charge is -2.04. The number of fused-ring (bicyclic) bond motifs is 1. The predicted molar refractivity (Wildman–Crippen MR) is 54.7 cm³/mol. The van der Waals surface area contributed by atoms with Crippen LogP contribution in [0.3, 0.4) is 0 Å². The second-order valence-electron chi connectivity index (χ2n) is 3.58. The molecule has 1 N–H and O–H groups in total. The highest BCUT2D eigenvalue weighted by Crippen LogP contribution is 2.31. The van der Waals surface area contributed by atoms with Crippen molar-refractivity contribution in [1.82, 2.24) is 0 Å². The van der Waals surface area contributed by atoms with Gasteiger partial charge < -0.3 is 10.1 Å². The molecule has 0 fully saturated rings. The monoisotopic (exact) mass is 191 g/mol. The Bertz CT molecular complexity index is 374. The molecular weight excluding hydrogens is 178 g/mol. The molecule has 1 aromatic rings. The van der Waals surface area contributed by atoms with Crippen LogP contribution < -0.4 is 5.32 Å². The molecule has 1 atom stereocenters. The zero-order chi connectivity index (χ0) is 10.1. The maximum Gasteiger partial charge on any atom is 0.337 e. The van der Waals surface area contributed by atoms with Gasteiger partial charge in [0, 0.05) is 18.2 Å². The summed E-state index contributed by atoms with van der Waals surface area (Å²) in [5.41, 5.74) is 2.94. The van der Waals surface area contributed by atoms with Gasteiger partial charge in [-0.2, -0.15) is 0 Å². The number of hydrogen-bond acceptors (Lipinski definition) is 3. The largest absolute Gasteiger partial charge is 0.465 e. The van der Waals surface area contributed by atoms with E-state index in [1.165, 1.54) is 12.7 Å². The molecule has 1 aromatic carbocycles. The van der Waals surface area contributed by atoms with Gasteiger partial charge in [0.1, 0.15) is 0 Å². The molecule has 74 valence electrons. The summed E-state index contributed by atoms with van der Waals surface area (Å²) >= 11 is 0. The van der Waals surface area contributed by atoms with Crippen LogP contribution in [0.5, 0.6) is 0 Å². The highest BCUT2D eigenvalue weighted by atomic mass is 16.5. The highest BCUT2D eigenvalue weighted by molar-refractivity contribution is 5.91. The van der Waals surface area contributed by atoms with Gasteiger partial charge in [-0.1, -0.05) is 13.0 Å². The number of hydrogen-bond donors (Lipinski definition) is 1. The van der Waals surface area contributed by atoms with Crippen LogP contribution in [-0.2, 0) is 4.74 Å². The molecule has 1 unspecified atom stereocenters. The first kappa shape index (κ1) is 9.06. The van der Waals surface area contributed by atoms with E-state index in [9.17, 15) is 4.79 Å². The third kappa shape index (κ3) is 1.35. The Morgan fingerprint density at radius 3 is 3.07 bits per heavy atom. The lowest BCUT2D eigenvalue weighted by atomic mass is 10.0. The molecule has 1 aliphatic heterocycles. The summed E-state index contributed by atoms with van der Waals surface area (Å²) in [5.74, 6) is 0.242. The summed E-state index contributed by atoms with van der Waals surface area (Å²) in [6.45, 7) is 3.11. The quantitative estimate of drug-likeness (QED) is 0.690. The molecule has 2 rings (SSSR count). The Morgan fingerprint density at radius 2 is 2.36 bits per heavy atom. The molecule has 0 saturated carbocycles. The van der Waals surface area contributed by atoms with Crippen LogP contribution in [0.25, 0.3) is 0 Å². The Balaban J connectivity index is 2.37. The molecule has 1 heterocycles. The molecule has 0 aromatic heterocycles. The molecular formula is C11H13NO2. The van der Waals surface area contributed by atoms with E-state index < -0.39 is 0 Å². The Hall–Kier alpha value is -1.51. The second kappa shape index (κ2) is 3.33. The summed E-state index contributed by atoms with van der Waals surface area (Å²) in [4.78, 5) is 11.2. The first-order valence-corrected chi connectivity index (χ1v) is 4.68. The van der Waals surface area contributed by atoms with Crippen LogP contribution in [0.4, 0.5) is 5.69 Å². The van der Waals surface area contributed by atoms with Gasteiger partial charge in [-0.25, -0.2) is 4.79 Å². The van der Waals surface area contributed by atoms with Crippen molar-refractivity contribution >= 4 is 11.7 Å². The minimum atomic E-state index is -0.283. The van der Waals surface area contributed by atoms with Crippen molar-refractivity contribution in [2.45, 2.75) is 12.8 Å². The number of carbonyl (C=O) groups excluding carboxylic acids is 1. The van der Waals surface area contributed by atoms with Crippen LogP contribution in [0, 0.1) is 0 Å². The van der Waals surface area contributed by atoms with Gasteiger partial charge in [-0.05, 0) is 17.7 Å². The van der Waals surface area contributed by atoms with E-state index in [0.717, 1.165) is 12.2 Å². The maximum absolute atomic E-state index is 11.2. The van der Waals surface area contributed by atoms with Gasteiger partial charge in [0.15, 0.2) is 0 Å². The molecule has 3 heteroatoms. The number of anilines is 1. The van der Waals surface area contributed by atoms with Gasteiger partial charge in [0.2, 0.25) is 0 Å². The maximum atomic E-state index is 11.2. The second-order valence-corrected chi connectivity index (χ2v) is 3.58. The standard InChI is InChI=1S/C11H13NO2/c1-7-6-12-10-5-8(11(13)14-2)3-4-9(7)10/h3-5,7,12H,6H2,1-2H3. The molecule has 0 saturated heterocycles. The number of carbonyl (C=O) groups is 1. The van der Waals surface area contributed by atoms with E-state index in [1.807, 2.05) is 18.2 Å². The number of nitrogens with one attached hydrogen (secondary N) is 1. The minimum absolute atomic E-state index is 0.283. The number of esters is 1. The van der Waals surface area contributed by atoms with E-state index in [-0.39, 0.29) is 5.97 Å². The van der Waals surface area contributed by atoms with Gasteiger partial charge in [-0.15, -0.1) is 0 Å². The lowest BCUT2D eigenvalue weighted by Crippen LogP contribution is -2.01. The van der Waals surface area contributed by atoms with Crippen molar-refractivity contribution in [3.8, 4) is 0 Å². The number of ether oxygens (including phenoxy) is 1.